The van der Waals surface area contributed by atoms with E-state index < -0.39 is 6.36 Å². The highest BCUT2D eigenvalue weighted by Crippen LogP contribution is 2.28. The number of benzene rings is 1. The Morgan fingerprint density at radius 2 is 2.06 bits per heavy atom. The average molecular weight is 263 g/mol. The molecule has 6 heteroatoms. The number of hydrogen-bond donors (Lipinski definition) is 2. The third-order valence-corrected chi connectivity index (χ3v) is 2.11. The van der Waals surface area contributed by atoms with Crippen molar-refractivity contribution in [2.24, 2.45) is 0 Å². The summed E-state index contributed by atoms with van der Waals surface area (Å²) >= 11 is 3.99. The second-order valence-electron chi connectivity index (χ2n) is 3.26. The molecule has 0 radical (unpaired) electrons. The molecule has 0 unspecified atom stereocenters. The van der Waals surface area contributed by atoms with E-state index in [9.17, 15) is 13.2 Å². The van der Waals surface area contributed by atoms with Gasteiger partial charge in [0, 0.05) is 11.3 Å². The molecule has 0 saturated carbocycles. The van der Waals surface area contributed by atoms with Crippen LogP contribution >= 0.6 is 12.6 Å². The van der Waals surface area contributed by atoms with Gasteiger partial charge >= 0.3 is 6.36 Å². The predicted molar refractivity (Wildman–Crippen MR) is 65.0 cm³/mol. The van der Waals surface area contributed by atoms with Crippen molar-refractivity contribution >= 4 is 24.4 Å². The first kappa shape index (κ1) is 13.8. The smallest absolute Gasteiger partial charge is 0.405 e. The molecule has 0 aliphatic carbocycles. The second kappa shape index (κ2) is 5.86. The summed E-state index contributed by atoms with van der Waals surface area (Å²) in [6, 6.07) is 3.98. The number of nitrogens with two attached hydrogens (primary N) is 1. The highest BCUT2D eigenvalue weighted by atomic mass is 32.1. The van der Waals surface area contributed by atoms with E-state index in [0.29, 0.717) is 23.4 Å². The van der Waals surface area contributed by atoms with Gasteiger partial charge in [0.25, 0.3) is 0 Å². The van der Waals surface area contributed by atoms with Crippen molar-refractivity contribution in [2.75, 3.05) is 11.5 Å². The van der Waals surface area contributed by atoms with E-state index in [1.54, 1.807) is 6.08 Å². The minimum absolute atomic E-state index is 0.262. The molecule has 0 aliphatic rings. The van der Waals surface area contributed by atoms with Gasteiger partial charge in [-0.1, -0.05) is 12.2 Å². The summed E-state index contributed by atoms with van der Waals surface area (Å²) in [6.07, 6.45) is -0.801. The van der Waals surface area contributed by atoms with Crippen molar-refractivity contribution in [3.8, 4) is 5.75 Å². The molecule has 0 aromatic heterocycles. The van der Waals surface area contributed by atoms with Gasteiger partial charge in [0.2, 0.25) is 0 Å². The zero-order valence-electron chi connectivity index (χ0n) is 8.87. The lowest BCUT2D eigenvalue weighted by atomic mass is 10.1. The highest BCUT2D eigenvalue weighted by Gasteiger charge is 2.31. The Bertz CT molecular complexity index is 404. The van der Waals surface area contributed by atoms with Gasteiger partial charge in [-0.15, -0.1) is 13.2 Å². The van der Waals surface area contributed by atoms with Crippen molar-refractivity contribution in [3.05, 3.63) is 29.8 Å². The van der Waals surface area contributed by atoms with E-state index in [2.05, 4.69) is 17.4 Å². The van der Waals surface area contributed by atoms with Crippen LogP contribution in [0.4, 0.5) is 18.9 Å². The molecule has 0 amide bonds. The van der Waals surface area contributed by atoms with Gasteiger partial charge < -0.3 is 10.5 Å². The largest absolute Gasteiger partial charge is 0.573 e. The van der Waals surface area contributed by atoms with Gasteiger partial charge in [0.05, 0.1) is 0 Å². The molecule has 1 aromatic carbocycles. The van der Waals surface area contributed by atoms with Crippen LogP contribution in [0, 0.1) is 0 Å². The highest BCUT2D eigenvalue weighted by molar-refractivity contribution is 7.80. The SMILES string of the molecule is Nc1ccc(OC(F)(F)F)c(C=CCCS)c1. The topological polar surface area (TPSA) is 35.2 Å². The maximum absolute atomic E-state index is 12.1. The molecule has 1 rings (SSSR count). The molecule has 0 spiro atoms. The second-order valence-corrected chi connectivity index (χ2v) is 3.71. The number of nitrogen functional groups attached to an aromatic ring is 1. The van der Waals surface area contributed by atoms with Gasteiger partial charge in [0.15, 0.2) is 0 Å². The first-order valence-electron chi connectivity index (χ1n) is 4.85. The monoisotopic (exact) mass is 263 g/mol. The minimum Gasteiger partial charge on any atom is -0.405 e. The number of allylic oxidation sites excluding steroid dienone is 1. The van der Waals surface area contributed by atoms with Gasteiger partial charge in [-0.3, -0.25) is 0 Å². The van der Waals surface area contributed by atoms with Crippen LogP contribution in [0.2, 0.25) is 0 Å². The van der Waals surface area contributed by atoms with Crippen molar-refractivity contribution < 1.29 is 17.9 Å². The normalized spacial score (nSPS) is 12.0. The fraction of sp³-hybridized carbons (Fsp3) is 0.273. The summed E-state index contributed by atoms with van der Waals surface area (Å²) < 4.78 is 40.3. The van der Waals surface area contributed by atoms with E-state index in [1.165, 1.54) is 24.3 Å². The molecule has 2 nitrogen and oxygen atoms in total. The molecule has 0 heterocycles. The Kier molecular flexibility index (Phi) is 4.74. The van der Waals surface area contributed by atoms with E-state index in [4.69, 9.17) is 5.73 Å². The average Bonchev–Trinajstić information content (AvgIpc) is 2.20. The van der Waals surface area contributed by atoms with Crippen molar-refractivity contribution in [1.82, 2.24) is 0 Å². The molecular formula is C11H12F3NOS. The van der Waals surface area contributed by atoms with Crippen LogP contribution in [0.15, 0.2) is 24.3 Å². The van der Waals surface area contributed by atoms with Crippen molar-refractivity contribution in [1.29, 1.82) is 0 Å². The number of halogens is 3. The van der Waals surface area contributed by atoms with Crippen LogP contribution in [-0.2, 0) is 0 Å². The first-order chi connectivity index (χ1) is 7.92. The Labute approximate surface area is 103 Å². The number of ether oxygens (including phenoxy) is 1. The van der Waals surface area contributed by atoms with E-state index >= 15 is 0 Å². The molecule has 94 valence electrons. The fourth-order valence-corrected chi connectivity index (χ4v) is 1.35. The molecule has 0 fully saturated rings. The molecule has 0 saturated heterocycles. The maximum atomic E-state index is 12.1. The summed E-state index contributed by atoms with van der Waals surface area (Å²) in [5.74, 6) is 0.357. The summed E-state index contributed by atoms with van der Waals surface area (Å²) in [4.78, 5) is 0. The lowest BCUT2D eigenvalue weighted by Gasteiger charge is -2.11. The number of thiol groups is 1. The third kappa shape index (κ3) is 5.04. The van der Waals surface area contributed by atoms with Gasteiger partial charge in [-0.25, -0.2) is 0 Å². The summed E-state index contributed by atoms with van der Waals surface area (Å²) in [7, 11) is 0. The Hall–Kier alpha value is -1.30. The third-order valence-electron chi connectivity index (χ3n) is 1.85. The van der Waals surface area contributed by atoms with Crippen LogP contribution in [0.3, 0.4) is 0 Å². The van der Waals surface area contributed by atoms with E-state index in [1.807, 2.05) is 0 Å². The fourth-order valence-electron chi connectivity index (χ4n) is 1.20. The van der Waals surface area contributed by atoms with Crippen LogP contribution < -0.4 is 10.5 Å². The molecule has 17 heavy (non-hydrogen) atoms. The quantitative estimate of drug-likeness (QED) is 0.644. The van der Waals surface area contributed by atoms with E-state index in [0.717, 1.165) is 0 Å². The molecule has 0 atom stereocenters. The lowest BCUT2D eigenvalue weighted by molar-refractivity contribution is -0.274. The van der Waals surface area contributed by atoms with Crippen LogP contribution in [0.25, 0.3) is 6.08 Å². The van der Waals surface area contributed by atoms with Gasteiger partial charge in [-0.2, -0.15) is 12.6 Å². The van der Waals surface area contributed by atoms with Crippen LogP contribution in [-0.4, -0.2) is 12.1 Å². The Morgan fingerprint density at radius 3 is 2.65 bits per heavy atom. The molecule has 0 bridgehead atoms. The maximum Gasteiger partial charge on any atom is 0.573 e. The number of rotatable bonds is 4. The molecular weight excluding hydrogens is 251 g/mol. The van der Waals surface area contributed by atoms with Crippen molar-refractivity contribution in [3.63, 3.8) is 0 Å². The van der Waals surface area contributed by atoms with Gasteiger partial charge in [-0.05, 0) is 30.4 Å². The molecule has 2 N–H and O–H groups in total. The van der Waals surface area contributed by atoms with Gasteiger partial charge in [0.1, 0.15) is 5.75 Å². The summed E-state index contributed by atoms with van der Waals surface area (Å²) in [5, 5.41) is 0. The van der Waals surface area contributed by atoms with E-state index in [-0.39, 0.29) is 5.75 Å². The summed E-state index contributed by atoms with van der Waals surface area (Å²) in [6.45, 7) is 0. The zero-order chi connectivity index (χ0) is 12.9. The molecule has 1 aromatic rings. The number of hydrogen-bond acceptors (Lipinski definition) is 3. The first-order valence-corrected chi connectivity index (χ1v) is 5.48. The summed E-state index contributed by atoms with van der Waals surface area (Å²) in [5.41, 5.74) is 6.18. The Morgan fingerprint density at radius 1 is 1.35 bits per heavy atom. The lowest BCUT2D eigenvalue weighted by Crippen LogP contribution is -2.17. The van der Waals surface area contributed by atoms with Crippen LogP contribution in [0.1, 0.15) is 12.0 Å². The Balaban J connectivity index is 2.95. The number of anilines is 1. The van der Waals surface area contributed by atoms with Crippen LogP contribution in [0.5, 0.6) is 5.75 Å². The van der Waals surface area contributed by atoms with Crippen molar-refractivity contribution in [2.45, 2.75) is 12.8 Å². The predicted octanol–water partition coefficient (Wildman–Crippen LogP) is 3.50. The number of alkyl halides is 3. The molecule has 0 aliphatic heterocycles. The zero-order valence-corrected chi connectivity index (χ0v) is 9.76. The standard InChI is InChI=1S/C11H12F3NOS/c12-11(13,14)16-10-5-4-9(15)7-8(10)3-1-2-6-17/h1,3-5,7,17H,2,6,15H2. The minimum atomic E-state index is -4.71.